The Kier molecular flexibility index (Phi) is 3.84. The van der Waals surface area contributed by atoms with Crippen molar-refractivity contribution in [3.05, 3.63) is 52.6 Å². The van der Waals surface area contributed by atoms with Crippen molar-refractivity contribution in [3.8, 4) is 0 Å². The zero-order valence-electron chi connectivity index (χ0n) is 13.8. The van der Waals surface area contributed by atoms with Crippen molar-refractivity contribution >= 4 is 5.91 Å². The number of amides is 1. The fraction of sp³-hybridized carbons (Fsp3) is 0.444. The van der Waals surface area contributed by atoms with E-state index in [1.54, 1.807) is 19.1 Å². The first kappa shape index (κ1) is 15.3. The lowest BCUT2D eigenvalue weighted by Crippen LogP contribution is -2.39. The lowest BCUT2D eigenvalue weighted by molar-refractivity contribution is 0.0687. The van der Waals surface area contributed by atoms with Gasteiger partial charge in [-0.1, -0.05) is 6.07 Å². The molecule has 0 atom stereocenters. The molecule has 1 fully saturated rings. The second kappa shape index (κ2) is 6.02. The molecule has 6 heteroatoms. The largest absolute Gasteiger partial charge is 0.338 e. The molecule has 0 radical (unpaired) electrons. The smallest absolute Gasteiger partial charge is 0.254 e. The number of nitrogens with zero attached hydrogens (tertiary/aromatic N) is 3. The van der Waals surface area contributed by atoms with E-state index in [9.17, 15) is 9.18 Å². The number of halogens is 1. The second-order valence-electron chi connectivity index (χ2n) is 6.60. The van der Waals surface area contributed by atoms with E-state index in [0.29, 0.717) is 30.3 Å². The van der Waals surface area contributed by atoms with Crippen LogP contribution in [0.15, 0.2) is 24.4 Å². The summed E-state index contributed by atoms with van der Waals surface area (Å²) >= 11 is 0. The molecular formula is C18H21FN4O. The van der Waals surface area contributed by atoms with E-state index in [4.69, 9.17) is 0 Å². The number of hydrogen-bond acceptors (Lipinski definition) is 3. The average Bonchev–Trinajstić information content (AvgIpc) is 3.20. The molecule has 2 aliphatic rings. The zero-order valence-corrected chi connectivity index (χ0v) is 13.8. The standard InChI is InChI=1S/C18H21FN4O/c1-12-15(3-2-4-16(12)19)18(24)22-7-5-14(6-8-22)23-17-11-20-9-13(17)10-21-23/h2-4,10,14,20H,5-9,11H2,1H3. The molecule has 3 heterocycles. The Balaban J connectivity index is 1.46. The molecule has 1 amide bonds. The summed E-state index contributed by atoms with van der Waals surface area (Å²) in [7, 11) is 0. The van der Waals surface area contributed by atoms with Crippen molar-refractivity contribution in [2.75, 3.05) is 13.1 Å². The summed E-state index contributed by atoms with van der Waals surface area (Å²) in [5, 5.41) is 7.89. The lowest BCUT2D eigenvalue weighted by Gasteiger charge is -2.33. The monoisotopic (exact) mass is 328 g/mol. The van der Waals surface area contributed by atoms with E-state index in [1.807, 2.05) is 11.1 Å². The van der Waals surface area contributed by atoms with Crippen LogP contribution < -0.4 is 5.32 Å². The molecule has 1 N–H and O–H groups in total. The van der Waals surface area contributed by atoms with Gasteiger partial charge in [0.15, 0.2) is 0 Å². The summed E-state index contributed by atoms with van der Waals surface area (Å²) in [5.41, 5.74) is 3.46. The number of likely N-dealkylation sites (tertiary alicyclic amines) is 1. The first-order valence-electron chi connectivity index (χ1n) is 8.45. The fourth-order valence-electron chi connectivity index (χ4n) is 3.72. The van der Waals surface area contributed by atoms with Crippen LogP contribution in [-0.2, 0) is 13.1 Å². The van der Waals surface area contributed by atoms with Gasteiger partial charge in [0.2, 0.25) is 0 Å². The molecule has 5 nitrogen and oxygen atoms in total. The molecule has 2 aromatic rings. The summed E-state index contributed by atoms with van der Waals surface area (Å²) in [4.78, 5) is 14.5. The summed E-state index contributed by atoms with van der Waals surface area (Å²) in [6.07, 6.45) is 3.71. The van der Waals surface area contributed by atoms with Gasteiger partial charge < -0.3 is 10.2 Å². The van der Waals surface area contributed by atoms with Crippen LogP contribution in [-0.4, -0.2) is 33.7 Å². The Hall–Kier alpha value is -2.21. The number of aromatic nitrogens is 2. The third-order valence-electron chi connectivity index (χ3n) is 5.19. The molecule has 0 unspecified atom stereocenters. The minimum absolute atomic E-state index is 0.0715. The van der Waals surface area contributed by atoms with Gasteiger partial charge in [-0.2, -0.15) is 5.10 Å². The van der Waals surface area contributed by atoms with Crippen molar-refractivity contribution in [2.45, 2.75) is 38.9 Å². The van der Waals surface area contributed by atoms with E-state index >= 15 is 0 Å². The Morgan fingerprint density at radius 2 is 2.08 bits per heavy atom. The van der Waals surface area contributed by atoms with Crippen molar-refractivity contribution in [2.24, 2.45) is 0 Å². The van der Waals surface area contributed by atoms with E-state index in [1.165, 1.54) is 17.3 Å². The van der Waals surface area contributed by atoms with Crippen LogP contribution in [0.3, 0.4) is 0 Å². The highest BCUT2D eigenvalue weighted by Gasteiger charge is 2.28. The van der Waals surface area contributed by atoms with Crippen LogP contribution in [0.2, 0.25) is 0 Å². The Labute approximate surface area is 140 Å². The summed E-state index contributed by atoms with van der Waals surface area (Å²) in [5.74, 6) is -0.395. The second-order valence-corrected chi connectivity index (χ2v) is 6.60. The molecule has 0 spiro atoms. The molecule has 0 bridgehead atoms. The lowest BCUT2D eigenvalue weighted by atomic mass is 10.0. The topological polar surface area (TPSA) is 50.2 Å². The van der Waals surface area contributed by atoms with E-state index in [-0.39, 0.29) is 11.7 Å². The van der Waals surface area contributed by atoms with Crippen LogP contribution in [0.4, 0.5) is 4.39 Å². The van der Waals surface area contributed by atoms with Gasteiger partial charge in [0.25, 0.3) is 5.91 Å². The van der Waals surface area contributed by atoms with Gasteiger partial charge in [-0.3, -0.25) is 9.48 Å². The molecule has 24 heavy (non-hydrogen) atoms. The van der Waals surface area contributed by atoms with Crippen molar-refractivity contribution in [1.29, 1.82) is 0 Å². The molecule has 0 aliphatic carbocycles. The zero-order chi connectivity index (χ0) is 16.7. The quantitative estimate of drug-likeness (QED) is 0.921. The highest BCUT2D eigenvalue weighted by atomic mass is 19.1. The number of fused-ring (bicyclic) bond motifs is 1. The number of rotatable bonds is 2. The summed E-state index contributed by atoms with van der Waals surface area (Å²) in [6.45, 7) is 4.79. The Morgan fingerprint density at radius 3 is 2.88 bits per heavy atom. The van der Waals surface area contributed by atoms with Crippen LogP contribution in [0.25, 0.3) is 0 Å². The highest BCUT2D eigenvalue weighted by Crippen LogP contribution is 2.27. The van der Waals surface area contributed by atoms with E-state index in [0.717, 1.165) is 25.9 Å². The maximum Gasteiger partial charge on any atom is 0.254 e. The van der Waals surface area contributed by atoms with Crippen LogP contribution in [0.5, 0.6) is 0 Å². The van der Waals surface area contributed by atoms with Crippen molar-refractivity contribution in [3.63, 3.8) is 0 Å². The molecule has 126 valence electrons. The van der Waals surface area contributed by atoms with Crippen molar-refractivity contribution < 1.29 is 9.18 Å². The molecule has 0 saturated carbocycles. The highest BCUT2D eigenvalue weighted by molar-refractivity contribution is 5.95. The third-order valence-corrected chi connectivity index (χ3v) is 5.19. The van der Waals surface area contributed by atoms with Gasteiger partial charge in [0.1, 0.15) is 5.82 Å². The third kappa shape index (κ3) is 2.51. The predicted octanol–water partition coefficient (Wildman–Crippen LogP) is 2.41. The van der Waals surface area contributed by atoms with Crippen LogP contribution >= 0.6 is 0 Å². The van der Waals surface area contributed by atoms with Gasteiger partial charge in [-0.05, 0) is 37.5 Å². The first-order chi connectivity index (χ1) is 11.6. The van der Waals surface area contributed by atoms with Gasteiger partial charge in [-0.15, -0.1) is 0 Å². The predicted molar refractivity (Wildman–Crippen MR) is 88.1 cm³/mol. The number of hydrogen-bond donors (Lipinski definition) is 1. The van der Waals surface area contributed by atoms with E-state index in [2.05, 4.69) is 15.1 Å². The number of benzene rings is 1. The number of carbonyl (C=O) groups excluding carboxylic acids is 1. The SMILES string of the molecule is Cc1c(F)cccc1C(=O)N1CCC(n2ncc3c2CNC3)CC1. The van der Waals surface area contributed by atoms with Crippen LogP contribution in [0.1, 0.15) is 46.1 Å². The van der Waals surface area contributed by atoms with Crippen molar-refractivity contribution in [1.82, 2.24) is 20.0 Å². The maximum atomic E-state index is 13.7. The van der Waals surface area contributed by atoms with Crippen LogP contribution in [0, 0.1) is 12.7 Å². The fourth-order valence-corrected chi connectivity index (χ4v) is 3.72. The minimum atomic E-state index is -0.324. The Morgan fingerprint density at radius 1 is 1.29 bits per heavy atom. The molecule has 2 aliphatic heterocycles. The first-order valence-corrected chi connectivity index (χ1v) is 8.45. The number of carbonyl (C=O) groups is 1. The average molecular weight is 328 g/mol. The van der Waals surface area contributed by atoms with E-state index < -0.39 is 0 Å². The summed E-state index contributed by atoms with van der Waals surface area (Å²) < 4.78 is 15.8. The van der Waals surface area contributed by atoms with Gasteiger partial charge in [0.05, 0.1) is 17.9 Å². The number of piperidine rings is 1. The molecule has 1 aromatic heterocycles. The maximum absolute atomic E-state index is 13.7. The molecule has 4 rings (SSSR count). The molecule has 1 aromatic carbocycles. The van der Waals surface area contributed by atoms with Gasteiger partial charge >= 0.3 is 0 Å². The summed E-state index contributed by atoms with van der Waals surface area (Å²) in [6, 6.07) is 5.04. The van der Waals surface area contributed by atoms with Gasteiger partial charge in [0, 0.05) is 37.3 Å². The molecule has 1 saturated heterocycles. The van der Waals surface area contributed by atoms with Gasteiger partial charge in [-0.25, -0.2) is 4.39 Å². The normalized spacial score (nSPS) is 18.0. The molecular weight excluding hydrogens is 307 g/mol. The Bertz CT molecular complexity index is 777. The minimum Gasteiger partial charge on any atom is -0.338 e. The number of nitrogens with one attached hydrogen (secondary N) is 1.